The monoisotopic (exact) mass is 532 g/mol. The van der Waals surface area contributed by atoms with E-state index in [0.717, 1.165) is 0 Å². The smallest absolute Gasteiger partial charge is 0.409 e. The first-order valence-corrected chi connectivity index (χ1v) is 8.98. The van der Waals surface area contributed by atoms with E-state index < -0.39 is 6.61 Å². The number of carbonyl (C=O) groups excluding carboxylic acids is 1. The third-order valence-corrected chi connectivity index (χ3v) is 4.27. The van der Waals surface area contributed by atoms with E-state index >= 15 is 0 Å². The quantitative estimate of drug-likeness (QED) is 0.332. The van der Waals surface area contributed by atoms with Crippen molar-refractivity contribution in [2.75, 3.05) is 19.7 Å². The minimum absolute atomic E-state index is 0. The van der Waals surface area contributed by atoms with Crippen LogP contribution in [0.5, 0.6) is 5.75 Å². The van der Waals surface area contributed by atoms with E-state index in [1.165, 1.54) is 18.2 Å². The summed E-state index contributed by atoms with van der Waals surface area (Å²) in [5.74, 6) is 0.196. The van der Waals surface area contributed by atoms with Gasteiger partial charge in [-0.3, -0.25) is 0 Å². The topological polar surface area (TPSA) is 89.2 Å². The zero-order chi connectivity index (χ0) is 19.8. The van der Waals surface area contributed by atoms with Gasteiger partial charge in [0.1, 0.15) is 5.75 Å². The Hall–Kier alpha value is -1.56. The zero-order valence-electron chi connectivity index (χ0n) is 15.4. The molecule has 1 heterocycles. The molecule has 0 saturated carbocycles. The molecule has 0 aromatic heterocycles. The van der Waals surface area contributed by atoms with Gasteiger partial charge in [-0.05, 0) is 38.0 Å². The molecule has 0 aliphatic carbocycles. The van der Waals surface area contributed by atoms with Gasteiger partial charge in [0.15, 0.2) is 5.96 Å². The molecule has 7 nitrogen and oxygen atoms in total. The highest BCUT2D eigenvalue weighted by molar-refractivity contribution is 14.0. The second kappa shape index (κ2) is 12.1. The number of amides is 1. The van der Waals surface area contributed by atoms with Crippen LogP contribution in [-0.4, -0.2) is 49.3 Å². The van der Waals surface area contributed by atoms with Gasteiger partial charge in [-0.15, -0.1) is 24.0 Å². The Bertz CT molecular complexity index is 674. The van der Waals surface area contributed by atoms with Crippen molar-refractivity contribution in [3.63, 3.8) is 0 Å². The van der Waals surface area contributed by atoms with Crippen LogP contribution in [0.2, 0.25) is 5.02 Å². The molecular formula is C17H24ClF2IN4O3. The third-order valence-electron chi connectivity index (χ3n) is 4.03. The number of benzene rings is 1. The van der Waals surface area contributed by atoms with Gasteiger partial charge in [0.05, 0.1) is 13.2 Å². The van der Waals surface area contributed by atoms with E-state index in [9.17, 15) is 13.6 Å². The van der Waals surface area contributed by atoms with Crippen molar-refractivity contribution >= 4 is 47.6 Å². The molecule has 1 amide bonds. The van der Waals surface area contributed by atoms with Crippen molar-refractivity contribution in [2.45, 2.75) is 39.0 Å². The molecule has 11 heteroatoms. The minimum Gasteiger partial charge on any atom is -0.450 e. The summed E-state index contributed by atoms with van der Waals surface area (Å²) in [5.41, 5.74) is 6.30. The number of nitrogens with one attached hydrogen (secondary N) is 1. The molecule has 28 heavy (non-hydrogen) atoms. The van der Waals surface area contributed by atoms with Crippen LogP contribution < -0.4 is 15.8 Å². The molecule has 1 saturated heterocycles. The average Bonchev–Trinajstić information content (AvgIpc) is 2.62. The van der Waals surface area contributed by atoms with Crippen LogP contribution >= 0.6 is 35.6 Å². The normalized spacial score (nSPS) is 15.2. The predicted octanol–water partition coefficient (Wildman–Crippen LogP) is 3.58. The highest BCUT2D eigenvalue weighted by Gasteiger charge is 2.23. The van der Waals surface area contributed by atoms with Crippen molar-refractivity contribution < 1.29 is 23.0 Å². The van der Waals surface area contributed by atoms with Gasteiger partial charge in [-0.1, -0.05) is 11.6 Å². The lowest BCUT2D eigenvalue weighted by Crippen LogP contribution is -2.48. The maximum atomic E-state index is 12.5. The summed E-state index contributed by atoms with van der Waals surface area (Å²) in [6, 6.07) is 4.41. The molecule has 0 spiro atoms. The number of piperidine rings is 1. The molecule has 1 aromatic carbocycles. The molecule has 1 fully saturated rings. The molecule has 1 aromatic rings. The van der Waals surface area contributed by atoms with Crippen LogP contribution in [0.1, 0.15) is 25.3 Å². The van der Waals surface area contributed by atoms with Gasteiger partial charge >= 0.3 is 12.7 Å². The van der Waals surface area contributed by atoms with Gasteiger partial charge < -0.3 is 25.4 Å². The lowest BCUT2D eigenvalue weighted by molar-refractivity contribution is -0.0504. The van der Waals surface area contributed by atoms with Crippen LogP contribution in [-0.2, 0) is 11.3 Å². The van der Waals surface area contributed by atoms with Crippen molar-refractivity contribution in [1.29, 1.82) is 0 Å². The number of guanidine groups is 1. The number of likely N-dealkylation sites (tertiary alicyclic amines) is 1. The number of ether oxygens (including phenoxy) is 2. The molecule has 158 valence electrons. The summed E-state index contributed by atoms with van der Waals surface area (Å²) in [7, 11) is 0. The van der Waals surface area contributed by atoms with E-state index in [2.05, 4.69) is 15.0 Å². The molecule has 0 bridgehead atoms. The van der Waals surface area contributed by atoms with Gasteiger partial charge in [-0.25, -0.2) is 9.79 Å². The van der Waals surface area contributed by atoms with Crippen molar-refractivity contribution in [3.05, 3.63) is 28.8 Å². The highest BCUT2D eigenvalue weighted by atomic mass is 127. The largest absolute Gasteiger partial charge is 0.450 e. The molecule has 0 radical (unpaired) electrons. The zero-order valence-corrected chi connectivity index (χ0v) is 18.5. The number of alkyl halides is 2. The summed E-state index contributed by atoms with van der Waals surface area (Å²) in [5, 5.41) is 3.47. The van der Waals surface area contributed by atoms with Crippen LogP contribution in [0.15, 0.2) is 23.2 Å². The summed E-state index contributed by atoms with van der Waals surface area (Å²) < 4.78 is 34.4. The number of rotatable bonds is 6. The fourth-order valence-corrected chi connectivity index (χ4v) is 2.92. The first-order valence-electron chi connectivity index (χ1n) is 8.60. The lowest BCUT2D eigenvalue weighted by atomic mass is 10.1. The molecular weight excluding hydrogens is 509 g/mol. The average molecular weight is 533 g/mol. The van der Waals surface area contributed by atoms with E-state index in [4.69, 9.17) is 22.1 Å². The second-order valence-corrected chi connectivity index (χ2v) is 6.37. The Balaban J connectivity index is 0.00000392. The molecule has 2 rings (SSSR count). The standard InChI is InChI=1S/C17H23ClF2N4O3.HI/c1-2-26-17(25)24-7-5-13(6-8-24)23-16(21)22-10-11-9-12(18)3-4-14(11)27-15(19)20;/h3-4,9,13,15H,2,5-8,10H2,1H3,(H3,21,22,23);1H. The first kappa shape index (κ1) is 24.5. The first-order chi connectivity index (χ1) is 12.9. The predicted molar refractivity (Wildman–Crippen MR) is 114 cm³/mol. The van der Waals surface area contributed by atoms with Gasteiger partial charge in [0, 0.05) is 29.7 Å². The second-order valence-electron chi connectivity index (χ2n) is 5.94. The van der Waals surface area contributed by atoms with Crippen molar-refractivity contribution in [3.8, 4) is 5.75 Å². The fourth-order valence-electron chi connectivity index (χ4n) is 2.73. The third kappa shape index (κ3) is 7.82. The Kier molecular flexibility index (Phi) is 10.6. The summed E-state index contributed by atoms with van der Waals surface area (Å²) >= 11 is 5.91. The number of carbonyl (C=O) groups is 1. The molecule has 3 N–H and O–H groups in total. The summed E-state index contributed by atoms with van der Waals surface area (Å²) in [6.45, 7) is 0.338. The van der Waals surface area contributed by atoms with Crippen molar-refractivity contribution in [2.24, 2.45) is 10.7 Å². The number of nitrogens with two attached hydrogens (primary N) is 1. The lowest BCUT2D eigenvalue weighted by Gasteiger charge is -2.31. The maximum absolute atomic E-state index is 12.5. The SMILES string of the molecule is CCOC(=O)N1CCC(NC(N)=NCc2cc(Cl)ccc2OC(F)F)CC1.I. The number of hydrogen-bond acceptors (Lipinski definition) is 4. The number of nitrogens with zero attached hydrogens (tertiary/aromatic N) is 2. The van der Waals surface area contributed by atoms with E-state index in [1.54, 1.807) is 11.8 Å². The molecule has 0 atom stereocenters. The molecule has 0 unspecified atom stereocenters. The molecule has 1 aliphatic rings. The summed E-state index contributed by atoms with van der Waals surface area (Å²) in [4.78, 5) is 17.5. The maximum Gasteiger partial charge on any atom is 0.409 e. The van der Waals surface area contributed by atoms with Crippen molar-refractivity contribution in [1.82, 2.24) is 10.2 Å². The Morgan fingerprint density at radius 2 is 2.11 bits per heavy atom. The highest BCUT2D eigenvalue weighted by Crippen LogP contribution is 2.25. The van der Waals surface area contributed by atoms with Crippen LogP contribution in [0, 0.1) is 0 Å². The minimum atomic E-state index is -2.94. The number of aliphatic imine (C=N–C) groups is 1. The fraction of sp³-hybridized carbons (Fsp3) is 0.529. The van der Waals surface area contributed by atoms with Gasteiger partial charge in [0.2, 0.25) is 0 Å². The van der Waals surface area contributed by atoms with Crippen LogP contribution in [0.4, 0.5) is 13.6 Å². The summed E-state index contributed by atoms with van der Waals surface area (Å²) in [6.07, 6.45) is 1.09. The number of hydrogen-bond donors (Lipinski definition) is 2. The Morgan fingerprint density at radius 1 is 1.43 bits per heavy atom. The Labute approximate surface area is 184 Å². The van der Waals surface area contributed by atoms with E-state index in [-0.39, 0.29) is 54.4 Å². The van der Waals surface area contributed by atoms with Gasteiger partial charge in [0.25, 0.3) is 0 Å². The van der Waals surface area contributed by atoms with E-state index in [0.29, 0.717) is 43.1 Å². The van der Waals surface area contributed by atoms with E-state index in [1.807, 2.05) is 0 Å². The van der Waals surface area contributed by atoms with Crippen LogP contribution in [0.25, 0.3) is 0 Å². The number of halogens is 4. The van der Waals surface area contributed by atoms with Gasteiger partial charge in [-0.2, -0.15) is 8.78 Å². The molecule has 1 aliphatic heterocycles. The Morgan fingerprint density at radius 3 is 2.71 bits per heavy atom. The van der Waals surface area contributed by atoms with Crippen LogP contribution in [0.3, 0.4) is 0 Å².